The third-order valence-corrected chi connectivity index (χ3v) is 30.8. The monoisotopic (exact) mass is 358 g/mol. The number of hydrogen-bond acceptors (Lipinski definition) is 1. The minimum Gasteiger partial charge on any atom is -0.428 e. The van der Waals surface area contributed by atoms with Crippen molar-refractivity contribution in [2.75, 3.05) is 6.61 Å². The predicted molar refractivity (Wildman–Crippen MR) is 110 cm³/mol. The number of rotatable bonds is 14. The maximum atomic E-state index is 5.88. The standard InChI is InChI=1S/C18H42OSi3/c1-3-5-7-9-11-13-16-22(18-15-19-20-21-22)17-14-12-10-8-6-4-2/h3-18,20-21H2,1-2H3. The Morgan fingerprint density at radius 1 is 0.727 bits per heavy atom. The third-order valence-electron chi connectivity index (χ3n) is 5.67. The summed E-state index contributed by atoms with van der Waals surface area (Å²) in [4.78, 5) is 0. The van der Waals surface area contributed by atoms with E-state index >= 15 is 0 Å². The normalized spacial score (nSPS) is 19.9. The molecule has 1 aliphatic heterocycles. The predicted octanol–water partition coefficient (Wildman–Crippen LogP) is 4.85. The molecule has 0 radical (unpaired) electrons. The van der Waals surface area contributed by atoms with Crippen molar-refractivity contribution in [3.63, 3.8) is 0 Å². The van der Waals surface area contributed by atoms with Crippen molar-refractivity contribution in [1.82, 2.24) is 0 Å². The Morgan fingerprint density at radius 2 is 1.23 bits per heavy atom. The van der Waals surface area contributed by atoms with Crippen molar-refractivity contribution in [2.45, 2.75) is 109 Å². The summed E-state index contributed by atoms with van der Waals surface area (Å²) in [5.74, 6) is 0. The van der Waals surface area contributed by atoms with Crippen LogP contribution >= 0.6 is 0 Å². The quantitative estimate of drug-likeness (QED) is 0.318. The Hall–Kier alpha value is 0.611. The average Bonchev–Trinajstić information content (AvgIpc) is 2.55. The molecule has 0 unspecified atom stereocenters. The van der Waals surface area contributed by atoms with Gasteiger partial charge in [0.05, 0.1) is 0 Å². The molecule has 0 N–H and O–H groups in total. The molecule has 0 aliphatic carbocycles. The highest BCUT2D eigenvalue weighted by molar-refractivity contribution is 7.43. The molecule has 0 spiro atoms. The summed E-state index contributed by atoms with van der Waals surface area (Å²) < 4.78 is 5.88. The van der Waals surface area contributed by atoms with Crippen LogP contribution in [0.4, 0.5) is 0 Å². The first-order chi connectivity index (χ1) is 10.8. The third kappa shape index (κ3) is 9.68. The van der Waals surface area contributed by atoms with Crippen LogP contribution in [0.3, 0.4) is 0 Å². The second-order valence-electron chi connectivity index (χ2n) is 7.65. The summed E-state index contributed by atoms with van der Waals surface area (Å²) in [7, 11) is -0.451. The molecule has 132 valence electrons. The van der Waals surface area contributed by atoms with Crippen molar-refractivity contribution in [1.29, 1.82) is 0 Å². The van der Waals surface area contributed by atoms with Gasteiger partial charge in [0.2, 0.25) is 0 Å². The zero-order valence-corrected chi connectivity index (χ0v) is 19.5. The summed E-state index contributed by atoms with van der Waals surface area (Å²) in [6.45, 7) is 5.82. The topological polar surface area (TPSA) is 9.23 Å². The smallest absolute Gasteiger partial charge is 0.141 e. The van der Waals surface area contributed by atoms with Gasteiger partial charge in [-0.25, -0.2) is 0 Å². The van der Waals surface area contributed by atoms with Gasteiger partial charge < -0.3 is 4.43 Å². The van der Waals surface area contributed by atoms with E-state index in [0.29, 0.717) is 0 Å². The van der Waals surface area contributed by atoms with E-state index < -0.39 is 7.59 Å². The second kappa shape index (κ2) is 14.0. The van der Waals surface area contributed by atoms with Crippen LogP contribution in [-0.4, -0.2) is 32.0 Å². The van der Waals surface area contributed by atoms with Crippen LogP contribution < -0.4 is 0 Å². The van der Waals surface area contributed by atoms with Crippen LogP contribution in [0.2, 0.25) is 18.1 Å². The van der Waals surface area contributed by atoms with Gasteiger partial charge in [0.25, 0.3) is 0 Å². The zero-order chi connectivity index (χ0) is 15.9. The summed E-state index contributed by atoms with van der Waals surface area (Å²) in [6.07, 6.45) is 17.9. The maximum Gasteiger partial charge on any atom is 0.141 e. The average molecular weight is 359 g/mol. The summed E-state index contributed by atoms with van der Waals surface area (Å²) in [6, 6.07) is 4.98. The van der Waals surface area contributed by atoms with Crippen LogP contribution in [0, 0.1) is 0 Å². The first-order valence-electron chi connectivity index (χ1n) is 10.4. The molecule has 1 heterocycles. The van der Waals surface area contributed by atoms with Crippen LogP contribution in [0.1, 0.15) is 90.9 Å². The van der Waals surface area contributed by atoms with Crippen molar-refractivity contribution in [3.8, 4) is 0 Å². The lowest BCUT2D eigenvalue weighted by molar-refractivity contribution is 0.364. The second-order valence-corrected chi connectivity index (χ2v) is 25.2. The molecule has 22 heavy (non-hydrogen) atoms. The van der Waals surface area contributed by atoms with Crippen molar-refractivity contribution in [3.05, 3.63) is 0 Å². The largest absolute Gasteiger partial charge is 0.428 e. The van der Waals surface area contributed by atoms with E-state index in [2.05, 4.69) is 13.8 Å². The fourth-order valence-corrected chi connectivity index (χ4v) is 27.8. The van der Waals surface area contributed by atoms with Crippen molar-refractivity contribution < 1.29 is 4.43 Å². The van der Waals surface area contributed by atoms with Crippen LogP contribution in [0.25, 0.3) is 0 Å². The molecule has 1 rings (SSSR count). The van der Waals surface area contributed by atoms with Crippen molar-refractivity contribution in [2.24, 2.45) is 0 Å². The Bertz CT molecular complexity index is 224. The van der Waals surface area contributed by atoms with E-state index in [1.165, 1.54) is 70.8 Å². The van der Waals surface area contributed by atoms with E-state index in [-0.39, 0.29) is 17.8 Å². The SMILES string of the molecule is CCCCCCCC[Si]1(CCCCCCCC)CCO[SiH2][SiH2]1. The molecule has 0 bridgehead atoms. The Morgan fingerprint density at radius 3 is 1.68 bits per heavy atom. The van der Waals surface area contributed by atoms with E-state index in [1.54, 1.807) is 31.0 Å². The lowest BCUT2D eigenvalue weighted by Gasteiger charge is -2.35. The maximum absolute atomic E-state index is 5.88. The highest BCUT2D eigenvalue weighted by atomic mass is 29.6. The molecule has 0 aromatic heterocycles. The van der Waals surface area contributed by atoms with Gasteiger partial charge in [-0.1, -0.05) is 103 Å². The molecule has 1 saturated heterocycles. The Balaban J connectivity index is 2.17. The molecule has 1 nitrogen and oxygen atoms in total. The lowest BCUT2D eigenvalue weighted by Crippen LogP contribution is -2.49. The molecule has 0 aromatic carbocycles. The highest BCUT2D eigenvalue weighted by Gasteiger charge is 2.34. The lowest BCUT2D eigenvalue weighted by atomic mass is 10.1. The van der Waals surface area contributed by atoms with E-state index in [1.807, 2.05) is 0 Å². The molecule has 1 aliphatic rings. The van der Waals surface area contributed by atoms with Crippen LogP contribution in [-0.2, 0) is 4.43 Å². The van der Waals surface area contributed by atoms with E-state index in [0.717, 1.165) is 0 Å². The fraction of sp³-hybridized carbons (Fsp3) is 1.00. The van der Waals surface area contributed by atoms with Gasteiger partial charge in [-0.2, -0.15) is 0 Å². The minimum absolute atomic E-state index is 0.00982. The highest BCUT2D eigenvalue weighted by Crippen LogP contribution is 2.28. The Labute approximate surface area is 145 Å². The first-order valence-corrected chi connectivity index (χ1v) is 19.9. The number of hydrogen-bond donors (Lipinski definition) is 0. The van der Waals surface area contributed by atoms with Gasteiger partial charge in [0.15, 0.2) is 0 Å². The fourth-order valence-electron chi connectivity index (χ4n) is 3.99. The number of unbranched alkanes of at least 4 members (excludes halogenated alkanes) is 10. The van der Waals surface area contributed by atoms with E-state index in [4.69, 9.17) is 4.43 Å². The van der Waals surface area contributed by atoms with Crippen LogP contribution in [0.5, 0.6) is 0 Å². The summed E-state index contributed by atoms with van der Waals surface area (Å²) in [5, 5.41) is 0. The first kappa shape index (κ1) is 20.7. The molecule has 0 saturated carbocycles. The van der Waals surface area contributed by atoms with Gasteiger partial charge >= 0.3 is 0 Å². The molecular weight excluding hydrogens is 316 g/mol. The summed E-state index contributed by atoms with van der Waals surface area (Å²) >= 11 is 0. The van der Waals surface area contributed by atoms with Crippen molar-refractivity contribution >= 4 is 25.4 Å². The van der Waals surface area contributed by atoms with Gasteiger partial charge in [-0.15, -0.1) is 0 Å². The van der Waals surface area contributed by atoms with E-state index in [9.17, 15) is 0 Å². The minimum atomic E-state index is -0.744. The molecule has 0 amide bonds. The molecule has 0 aromatic rings. The molecule has 0 atom stereocenters. The zero-order valence-electron chi connectivity index (χ0n) is 15.6. The Kier molecular flexibility index (Phi) is 13.1. The molecule has 1 fully saturated rings. The molecule has 4 heteroatoms. The van der Waals surface area contributed by atoms with Gasteiger partial charge in [0, 0.05) is 22.8 Å². The molecular formula is C18H42OSi3. The van der Waals surface area contributed by atoms with Gasteiger partial charge in [-0.05, 0) is 6.04 Å². The summed E-state index contributed by atoms with van der Waals surface area (Å²) in [5.41, 5.74) is 0. The van der Waals surface area contributed by atoms with Gasteiger partial charge in [0.1, 0.15) is 9.28 Å². The van der Waals surface area contributed by atoms with Crippen LogP contribution in [0.15, 0.2) is 0 Å². The van der Waals surface area contributed by atoms with Gasteiger partial charge in [-0.3, -0.25) is 0 Å².